The van der Waals surface area contributed by atoms with Crippen LogP contribution in [0.5, 0.6) is 0 Å². The number of benzene rings is 1. The Morgan fingerprint density at radius 3 is 1.88 bits per heavy atom. The van der Waals surface area contributed by atoms with Crippen LogP contribution in [0.1, 0.15) is 34.3 Å². The van der Waals surface area contributed by atoms with Crippen LogP contribution < -0.4 is 16.6 Å². The molecule has 0 radical (unpaired) electrons. The molecule has 3 aromatic rings. The van der Waals surface area contributed by atoms with Crippen molar-refractivity contribution in [1.29, 1.82) is 0 Å². The summed E-state index contributed by atoms with van der Waals surface area (Å²) in [6, 6.07) is 5.30. The Labute approximate surface area is 322 Å². The number of fused-ring (bicyclic) bond motifs is 1. The van der Waals surface area contributed by atoms with Crippen molar-refractivity contribution in [2.24, 2.45) is 0 Å². The third-order valence-electron chi connectivity index (χ3n) is 4.80. The number of aromatic nitrogens is 3. The molecule has 0 unspecified atom stereocenters. The van der Waals surface area contributed by atoms with Crippen LogP contribution in [0.15, 0.2) is 35.3 Å². The van der Waals surface area contributed by atoms with E-state index in [1.165, 1.54) is 0 Å². The first-order valence-corrected chi connectivity index (χ1v) is 9.44. The van der Waals surface area contributed by atoms with Crippen molar-refractivity contribution in [3.8, 4) is 0 Å². The predicted octanol–water partition coefficient (Wildman–Crippen LogP) is -8.05. The summed E-state index contributed by atoms with van der Waals surface area (Å²) in [5.41, 5.74) is 7.59. The molecule has 1 atom stereocenters. The molecule has 0 saturated carbocycles. The third-order valence-corrected chi connectivity index (χ3v) is 4.80. The van der Waals surface area contributed by atoms with E-state index < -0.39 is 29.4 Å². The molecule has 20 nitrogen and oxygen atoms in total. The number of aromatic amines is 2. The van der Waals surface area contributed by atoms with Crippen molar-refractivity contribution < 1.29 is 73.9 Å². The molecule has 0 aliphatic carbocycles. The number of nitrogens with one attached hydrogen (secondary N) is 3. The second kappa shape index (κ2) is 29.8. The van der Waals surface area contributed by atoms with Gasteiger partial charge in [0.05, 0.1) is 5.39 Å². The van der Waals surface area contributed by atoms with E-state index in [1.54, 1.807) is 30.5 Å². The quantitative estimate of drug-likeness (QED) is 0.118. The summed E-state index contributed by atoms with van der Waals surface area (Å²) < 4.78 is 0. The van der Waals surface area contributed by atoms with E-state index in [-0.39, 0.29) is 176 Å². The topological polar surface area (TPSA) is 475 Å². The number of aryl methyl sites for hydroxylation is 2. The number of carboxylic acids is 2. The van der Waals surface area contributed by atoms with Crippen LogP contribution in [0, 0.1) is 0 Å². The molecule has 2 heterocycles. The summed E-state index contributed by atoms with van der Waals surface area (Å²) in [6.45, 7) is 0. The number of hydrogen-bond acceptors (Lipinski definition) is 6. The number of nitrogens with two attached hydrogens (primary N) is 1. The van der Waals surface area contributed by atoms with Gasteiger partial charge >= 0.3 is 115 Å². The van der Waals surface area contributed by atoms with Crippen molar-refractivity contribution in [1.82, 2.24) is 20.3 Å². The van der Waals surface area contributed by atoms with E-state index in [0.29, 0.717) is 23.9 Å². The van der Waals surface area contributed by atoms with Crippen LogP contribution in [0.2, 0.25) is 0 Å². The van der Waals surface area contributed by atoms with Gasteiger partial charge in [-0.1, -0.05) is 12.1 Å². The van der Waals surface area contributed by atoms with Gasteiger partial charge in [-0.2, -0.15) is 4.98 Å². The second-order valence-corrected chi connectivity index (χ2v) is 6.98. The van der Waals surface area contributed by atoms with Gasteiger partial charge in [0.25, 0.3) is 11.5 Å². The van der Waals surface area contributed by atoms with Crippen molar-refractivity contribution >= 4 is 138 Å². The zero-order valence-electron chi connectivity index (χ0n) is 20.8. The first kappa shape index (κ1) is 63.9. The number of rotatable bonds is 9. The molecule has 42 heavy (non-hydrogen) atoms. The summed E-state index contributed by atoms with van der Waals surface area (Å²) in [5, 5.41) is 20.6. The van der Waals surface area contributed by atoms with Crippen LogP contribution in [0.4, 0.5) is 5.95 Å². The molecule has 22 heteroatoms. The Balaban J connectivity index is -0.000000141. The average molecular weight is 670 g/mol. The molecule has 3 rings (SSSR count). The Morgan fingerprint density at radius 2 is 1.40 bits per heavy atom. The fraction of sp³-hybridized carbons (Fsp3) is 0.250. The molecule has 0 bridgehead atoms. The van der Waals surface area contributed by atoms with Crippen molar-refractivity contribution in [2.45, 2.75) is 31.7 Å². The van der Waals surface area contributed by atoms with Crippen molar-refractivity contribution in [3.05, 3.63) is 57.5 Å². The molecule has 1 aromatic carbocycles. The minimum atomic E-state index is -1.30. The summed E-state index contributed by atoms with van der Waals surface area (Å²) >= 11 is 0. The Bertz CT molecular complexity index is 1210. The number of carboxylic acid groups (broad SMARTS) is 2. The van der Waals surface area contributed by atoms with E-state index in [9.17, 15) is 19.2 Å². The minimum absolute atomic E-state index is 0. The second-order valence-electron chi connectivity index (χ2n) is 6.98. The van der Waals surface area contributed by atoms with E-state index in [0.717, 1.165) is 11.1 Å². The number of amides is 1. The summed E-state index contributed by atoms with van der Waals surface area (Å²) in [6.07, 6.45) is 2.29. The number of H-pyrrole nitrogens is 2. The van der Waals surface area contributed by atoms with Gasteiger partial charge in [0, 0.05) is 18.2 Å². The zero-order chi connectivity index (χ0) is 22.5. The maximum atomic E-state index is 12.3. The van der Waals surface area contributed by atoms with Gasteiger partial charge in [-0.3, -0.25) is 14.4 Å². The van der Waals surface area contributed by atoms with Gasteiger partial charge in [-0.15, -0.1) is 0 Å². The number of nitrogen functional groups attached to an aromatic ring is 1. The van der Waals surface area contributed by atoms with Gasteiger partial charge in [0.1, 0.15) is 11.7 Å². The molecule has 0 saturated heterocycles. The molecule has 238 valence electrons. The van der Waals surface area contributed by atoms with Crippen molar-refractivity contribution in [2.75, 3.05) is 5.73 Å². The molecular weight excluding hydrogens is 628 g/mol. The number of anilines is 1. The van der Waals surface area contributed by atoms with Crippen molar-refractivity contribution in [3.63, 3.8) is 0 Å². The fourth-order valence-electron chi connectivity index (χ4n) is 3.19. The monoisotopic (exact) mass is 669 g/mol. The van der Waals surface area contributed by atoms with Crippen LogP contribution in [-0.4, -0.2) is 201 Å². The van der Waals surface area contributed by atoms with Gasteiger partial charge in [0.15, 0.2) is 0 Å². The standard InChI is InChI=1S/C20H21N5O6.2K.9H2O.2H/c21-20-24-16-15(18(29)25-20)12(9-22-16)6-3-10-1-4-11(5-2-10)17(28)23-13(19(30)31)7-8-14(26)27;;;;;;;;;;;;;/h1-2,4-5,9,13H,3,6-8H2,(H,23,28)(H,26,27)(H,30,31)(H4,21,22,24,25,29);;;9*1H2;;/t13-;;;;;;;;;;;;;/m0............./s1. The fourth-order valence-corrected chi connectivity index (χ4v) is 3.19. The summed E-state index contributed by atoms with van der Waals surface area (Å²) in [4.78, 5) is 55.7. The number of hydrogen-bond donors (Lipinski definition) is 6. The number of aliphatic carboxylic acids is 2. The Kier molecular flexibility index (Phi) is 45.4. The van der Waals surface area contributed by atoms with Gasteiger partial charge < -0.3 is 80.5 Å². The van der Waals surface area contributed by atoms with E-state index in [4.69, 9.17) is 15.9 Å². The van der Waals surface area contributed by atoms with E-state index in [1.807, 2.05) is 0 Å². The van der Waals surface area contributed by atoms with E-state index >= 15 is 0 Å². The molecule has 0 aliphatic heterocycles. The summed E-state index contributed by atoms with van der Waals surface area (Å²) in [5.74, 6) is -3.00. The first-order valence-electron chi connectivity index (χ1n) is 9.44. The molecular formula is C20H41K2N5O15. The van der Waals surface area contributed by atoms with E-state index in [2.05, 4.69) is 20.3 Å². The number of carbonyl (C=O) groups excluding carboxylic acids is 1. The normalized spacial score (nSPS) is 8.76. The van der Waals surface area contributed by atoms with Crippen LogP contribution >= 0.6 is 0 Å². The number of nitrogens with zero attached hydrogens (tertiary/aromatic N) is 1. The molecule has 0 fully saturated rings. The maximum absolute atomic E-state index is 12.3. The molecule has 25 N–H and O–H groups in total. The molecule has 0 spiro atoms. The number of carbonyl (C=O) groups is 3. The summed E-state index contributed by atoms with van der Waals surface area (Å²) in [7, 11) is 0. The van der Waals surface area contributed by atoms with Crippen LogP contribution in [-0.2, 0) is 22.4 Å². The Hall–Kier alpha value is -1.24. The third kappa shape index (κ3) is 17.8. The molecule has 0 aliphatic rings. The first-order chi connectivity index (χ1) is 14.7. The predicted molar refractivity (Wildman–Crippen MR) is 158 cm³/mol. The van der Waals surface area contributed by atoms with Gasteiger partial charge in [-0.05, 0) is 42.5 Å². The van der Waals surface area contributed by atoms with Gasteiger partial charge in [-0.25, -0.2) is 4.79 Å². The molecule has 1 amide bonds. The SMILES string of the molecule is Nc1nc(=O)c2c(CCc3ccc(C(=O)N[C@@H](CCC(=O)O)C(=O)O)cc3)c[nH]c2[nH]1.O.O.O.O.O.O.O.O.O.[KH].[KH]. The zero-order valence-corrected chi connectivity index (χ0v) is 20.8. The van der Waals surface area contributed by atoms with Gasteiger partial charge in [0.2, 0.25) is 5.95 Å². The van der Waals surface area contributed by atoms with Crippen LogP contribution in [0.3, 0.4) is 0 Å². The van der Waals surface area contributed by atoms with Crippen LogP contribution in [0.25, 0.3) is 11.0 Å². The average Bonchev–Trinajstić information content (AvgIpc) is 3.12. The Morgan fingerprint density at radius 1 is 0.881 bits per heavy atom. The molecule has 2 aromatic heterocycles.